The Morgan fingerprint density at radius 3 is 2.45 bits per heavy atom. The van der Waals surface area contributed by atoms with Crippen molar-refractivity contribution in [1.29, 1.82) is 0 Å². The molecule has 2 amide bonds. The smallest absolute Gasteiger partial charge is 0.224 e. The van der Waals surface area contributed by atoms with Crippen LogP contribution in [0.4, 0.5) is 5.69 Å². The molecule has 1 aliphatic rings. The molecule has 1 saturated heterocycles. The lowest BCUT2D eigenvalue weighted by molar-refractivity contribution is -0.125. The minimum atomic E-state index is -0.0337. The molecule has 2 aromatic carbocycles. The molecule has 0 saturated carbocycles. The third kappa shape index (κ3) is 7.23. The number of rotatable bonds is 9. The maximum Gasteiger partial charge on any atom is 0.224 e. The molecule has 0 aliphatic carbocycles. The maximum absolute atomic E-state index is 12.2. The van der Waals surface area contributed by atoms with E-state index in [-0.39, 0.29) is 17.7 Å². The Balaban J connectivity index is 1.33. The fourth-order valence-electron chi connectivity index (χ4n) is 3.29. The first-order valence-electron chi connectivity index (χ1n) is 10.3. The minimum Gasteiger partial charge on any atom is -0.494 e. The van der Waals surface area contributed by atoms with Gasteiger partial charge >= 0.3 is 0 Å². The van der Waals surface area contributed by atoms with Gasteiger partial charge in [-0.05, 0) is 62.2 Å². The van der Waals surface area contributed by atoms with Crippen LogP contribution in [0.1, 0.15) is 31.2 Å². The number of nitrogens with one attached hydrogen (secondary N) is 3. The highest BCUT2D eigenvalue weighted by Crippen LogP contribution is 2.14. The third-order valence-electron chi connectivity index (χ3n) is 4.97. The molecule has 0 bridgehead atoms. The summed E-state index contributed by atoms with van der Waals surface area (Å²) in [6, 6.07) is 17.2. The Morgan fingerprint density at radius 2 is 1.72 bits per heavy atom. The lowest BCUT2D eigenvalue weighted by Gasteiger charge is -2.21. The van der Waals surface area contributed by atoms with E-state index >= 15 is 0 Å². The van der Waals surface area contributed by atoms with Gasteiger partial charge in [0.15, 0.2) is 0 Å². The number of piperidine rings is 1. The fourth-order valence-corrected chi connectivity index (χ4v) is 3.29. The average molecular weight is 396 g/mol. The molecule has 0 radical (unpaired) electrons. The SMILES string of the molecule is O=C(CCCOc1ccccc1)Nc1ccc(CNC(=O)C2CCNCC2)cc1. The predicted octanol–water partition coefficient (Wildman–Crippen LogP) is 3.10. The first-order chi connectivity index (χ1) is 14.2. The van der Waals surface area contributed by atoms with Gasteiger partial charge in [-0.2, -0.15) is 0 Å². The van der Waals surface area contributed by atoms with Gasteiger partial charge in [-0.3, -0.25) is 9.59 Å². The minimum absolute atomic E-state index is 0.0337. The maximum atomic E-state index is 12.2. The van der Waals surface area contributed by atoms with E-state index in [0.717, 1.165) is 42.9 Å². The van der Waals surface area contributed by atoms with Gasteiger partial charge in [0.25, 0.3) is 0 Å². The van der Waals surface area contributed by atoms with Crippen LogP contribution in [0.2, 0.25) is 0 Å². The van der Waals surface area contributed by atoms with Gasteiger partial charge < -0.3 is 20.7 Å². The number of benzene rings is 2. The van der Waals surface area contributed by atoms with Gasteiger partial charge in [0.2, 0.25) is 11.8 Å². The predicted molar refractivity (Wildman–Crippen MR) is 114 cm³/mol. The van der Waals surface area contributed by atoms with Crippen LogP contribution in [-0.2, 0) is 16.1 Å². The van der Waals surface area contributed by atoms with Gasteiger partial charge in [0.05, 0.1) is 6.61 Å². The molecule has 1 heterocycles. The van der Waals surface area contributed by atoms with E-state index in [1.165, 1.54) is 0 Å². The number of hydrogen-bond acceptors (Lipinski definition) is 4. The number of amides is 2. The van der Waals surface area contributed by atoms with Crippen LogP contribution in [0.5, 0.6) is 5.75 Å². The molecule has 154 valence electrons. The highest BCUT2D eigenvalue weighted by atomic mass is 16.5. The summed E-state index contributed by atoms with van der Waals surface area (Å²) in [5.74, 6) is 1.02. The Kier molecular flexibility index (Phi) is 8.07. The molecule has 0 unspecified atom stereocenters. The summed E-state index contributed by atoms with van der Waals surface area (Å²) in [4.78, 5) is 24.3. The summed E-state index contributed by atoms with van der Waals surface area (Å²) in [6.45, 7) is 2.83. The zero-order valence-corrected chi connectivity index (χ0v) is 16.7. The van der Waals surface area contributed by atoms with E-state index in [1.807, 2.05) is 54.6 Å². The normalized spacial score (nSPS) is 14.2. The number of anilines is 1. The van der Waals surface area contributed by atoms with Crippen LogP contribution in [0.25, 0.3) is 0 Å². The summed E-state index contributed by atoms with van der Waals surface area (Å²) >= 11 is 0. The van der Waals surface area contributed by atoms with Crippen molar-refractivity contribution in [3.63, 3.8) is 0 Å². The van der Waals surface area contributed by atoms with Crippen LogP contribution >= 0.6 is 0 Å². The summed E-state index contributed by atoms with van der Waals surface area (Å²) in [7, 11) is 0. The standard InChI is InChI=1S/C23H29N3O3/c27-22(7-4-16-29-21-5-2-1-3-6-21)26-20-10-8-18(9-11-20)17-25-23(28)19-12-14-24-15-13-19/h1-3,5-6,8-11,19,24H,4,7,12-17H2,(H,25,28)(H,26,27). The number of carbonyl (C=O) groups is 2. The molecule has 6 nitrogen and oxygen atoms in total. The van der Waals surface area contributed by atoms with Crippen molar-refractivity contribution in [1.82, 2.24) is 10.6 Å². The summed E-state index contributed by atoms with van der Waals surface area (Å²) in [6.07, 6.45) is 2.85. The molecule has 0 spiro atoms. The van der Waals surface area contributed by atoms with E-state index < -0.39 is 0 Å². The van der Waals surface area contributed by atoms with Crippen LogP contribution in [0.3, 0.4) is 0 Å². The second kappa shape index (κ2) is 11.2. The Labute approximate surface area is 172 Å². The number of ether oxygens (including phenoxy) is 1. The monoisotopic (exact) mass is 395 g/mol. The van der Waals surface area contributed by atoms with Crippen molar-refractivity contribution < 1.29 is 14.3 Å². The van der Waals surface area contributed by atoms with Crippen molar-refractivity contribution in [2.45, 2.75) is 32.2 Å². The summed E-state index contributed by atoms with van der Waals surface area (Å²) in [5, 5.41) is 9.17. The van der Waals surface area contributed by atoms with Crippen molar-refractivity contribution in [3.8, 4) is 5.75 Å². The van der Waals surface area contributed by atoms with E-state index in [9.17, 15) is 9.59 Å². The largest absolute Gasteiger partial charge is 0.494 e. The third-order valence-corrected chi connectivity index (χ3v) is 4.97. The van der Waals surface area contributed by atoms with Crippen LogP contribution < -0.4 is 20.7 Å². The Hall–Kier alpha value is -2.86. The van der Waals surface area contributed by atoms with Crippen molar-refractivity contribution >= 4 is 17.5 Å². The van der Waals surface area contributed by atoms with Gasteiger partial charge in [-0.1, -0.05) is 30.3 Å². The van der Waals surface area contributed by atoms with Gasteiger partial charge in [-0.15, -0.1) is 0 Å². The van der Waals surface area contributed by atoms with Crippen molar-refractivity contribution in [2.24, 2.45) is 5.92 Å². The quantitative estimate of drug-likeness (QED) is 0.570. The van der Waals surface area contributed by atoms with E-state index in [1.54, 1.807) is 0 Å². The second-order valence-corrected chi connectivity index (χ2v) is 7.25. The lowest BCUT2D eigenvalue weighted by atomic mass is 9.97. The molecule has 3 rings (SSSR count). The van der Waals surface area contributed by atoms with E-state index in [0.29, 0.717) is 26.0 Å². The first-order valence-corrected chi connectivity index (χ1v) is 10.3. The van der Waals surface area contributed by atoms with Gasteiger partial charge in [0, 0.05) is 24.6 Å². The molecule has 1 aliphatic heterocycles. The van der Waals surface area contributed by atoms with Crippen LogP contribution in [0, 0.1) is 5.92 Å². The van der Waals surface area contributed by atoms with Crippen LogP contribution in [-0.4, -0.2) is 31.5 Å². The van der Waals surface area contributed by atoms with Gasteiger partial charge in [-0.25, -0.2) is 0 Å². The number of carbonyl (C=O) groups excluding carboxylic acids is 2. The lowest BCUT2D eigenvalue weighted by Crippen LogP contribution is -2.37. The molecule has 29 heavy (non-hydrogen) atoms. The molecule has 1 fully saturated rings. The topological polar surface area (TPSA) is 79.5 Å². The van der Waals surface area contributed by atoms with Crippen molar-refractivity contribution in [2.75, 3.05) is 25.0 Å². The zero-order chi connectivity index (χ0) is 20.3. The van der Waals surface area contributed by atoms with Crippen molar-refractivity contribution in [3.05, 3.63) is 60.2 Å². The fraction of sp³-hybridized carbons (Fsp3) is 0.391. The zero-order valence-electron chi connectivity index (χ0n) is 16.7. The summed E-state index contributed by atoms with van der Waals surface area (Å²) < 4.78 is 5.59. The molecule has 0 aromatic heterocycles. The van der Waals surface area contributed by atoms with Gasteiger partial charge in [0.1, 0.15) is 5.75 Å². The highest BCUT2D eigenvalue weighted by Gasteiger charge is 2.20. The van der Waals surface area contributed by atoms with Crippen LogP contribution in [0.15, 0.2) is 54.6 Å². The molecule has 6 heteroatoms. The molecular formula is C23H29N3O3. The number of hydrogen-bond donors (Lipinski definition) is 3. The number of para-hydroxylation sites is 1. The Morgan fingerprint density at radius 1 is 1.00 bits per heavy atom. The summed E-state index contributed by atoms with van der Waals surface area (Å²) in [5.41, 5.74) is 1.77. The molecule has 0 atom stereocenters. The van der Waals surface area contributed by atoms with E-state index in [2.05, 4.69) is 16.0 Å². The molecule has 3 N–H and O–H groups in total. The molecule has 2 aromatic rings. The van der Waals surface area contributed by atoms with E-state index in [4.69, 9.17) is 4.74 Å². The second-order valence-electron chi connectivity index (χ2n) is 7.25. The average Bonchev–Trinajstić information content (AvgIpc) is 2.77. The first kappa shape index (κ1) is 20.9. The Bertz CT molecular complexity index is 772. The molecular weight excluding hydrogens is 366 g/mol. The highest BCUT2D eigenvalue weighted by molar-refractivity contribution is 5.90.